The van der Waals surface area contributed by atoms with Crippen molar-refractivity contribution in [2.75, 3.05) is 0 Å². The van der Waals surface area contributed by atoms with Crippen LogP contribution in [0.3, 0.4) is 0 Å². The Hall–Kier alpha value is -0.850. The lowest BCUT2D eigenvalue weighted by atomic mass is 10.0. The summed E-state index contributed by atoms with van der Waals surface area (Å²) in [7, 11) is 0. The number of unbranched alkanes of at least 4 members (excludes halogenated alkanes) is 42. The highest BCUT2D eigenvalue weighted by molar-refractivity contribution is 5.20. The summed E-state index contributed by atoms with van der Waals surface area (Å²) in [6.45, 7) is 6.89. The van der Waals surface area contributed by atoms with Gasteiger partial charge in [0.05, 0.1) is 0 Å². The van der Waals surface area contributed by atoms with Gasteiger partial charge in [-0.1, -0.05) is 284 Å². The van der Waals surface area contributed by atoms with E-state index in [2.05, 4.69) is 32.9 Å². The third kappa shape index (κ3) is 39.7. The van der Waals surface area contributed by atoms with E-state index in [1.54, 1.807) is 0 Å². The van der Waals surface area contributed by atoms with Crippen LogP contribution in [0.5, 0.6) is 0 Å². The van der Waals surface area contributed by atoms with E-state index >= 15 is 0 Å². The highest BCUT2D eigenvalue weighted by Crippen LogP contribution is 2.19. The van der Waals surface area contributed by atoms with Gasteiger partial charge in [-0.25, -0.2) is 0 Å². The van der Waals surface area contributed by atoms with Crippen molar-refractivity contribution in [3.63, 3.8) is 0 Å². The minimum absolute atomic E-state index is 1.17. The Morgan fingerprint density at radius 2 is 0.418 bits per heavy atom. The maximum atomic E-state index is 5.08. The van der Waals surface area contributed by atoms with Crippen molar-refractivity contribution in [2.45, 2.75) is 316 Å². The maximum Gasteiger partial charge on any atom is 0.0409 e. The summed E-state index contributed by atoms with van der Waals surface area (Å²) < 4.78 is 0. The van der Waals surface area contributed by atoms with Crippen molar-refractivity contribution >= 4 is 0 Å². The molecule has 1 rings (SSSR count). The lowest BCUT2D eigenvalue weighted by molar-refractivity contribution is 0.518. The molecule has 1 aromatic rings. The SMILES string of the molecule is CCCCCCCCCCCCCCCCCCCCCCCCc1cc(C)cc(CCCCCCCCCCCCCCCCCCCCCCCC)n1. The van der Waals surface area contributed by atoms with Gasteiger partial charge in [-0.3, -0.25) is 4.98 Å². The normalized spacial score (nSPS) is 11.6. The fourth-order valence-electron chi connectivity index (χ4n) is 8.90. The summed E-state index contributed by atoms with van der Waals surface area (Å²) in [6.07, 6.45) is 66.2. The Bertz CT molecular complexity index is 793. The van der Waals surface area contributed by atoms with Gasteiger partial charge in [-0.05, 0) is 50.3 Å². The molecule has 0 radical (unpaired) electrons. The summed E-state index contributed by atoms with van der Waals surface area (Å²) in [6, 6.07) is 4.69. The van der Waals surface area contributed by atoms with Gasteiger partial charge in [-0.2, -0.15) is 0 Å². The summed E-state index contributed by atoms with van der Waals surface area (Å²) in [5.74, 6) is 0. The van der Waals surface area contributed by atoms with E-state index in [1.807, 2.05) is 0 Å². The first kappa shape index (κ1) is 52.2. The predicted octanol–water partition coefficient (Wildman–Crippen LogP) is 19.7. The van der Waals surface area contributed by atoms with Crippen molar-refractivity contribution in [3.8, 4) is 0 Å². The summed E-state index contributed by atoms with van der Waals surface area (Å²) in [5.41, 5.74) is 4.11. The summed E-state index contributed by atoms with van der Waals surface area (Å²) in [4.78, 5) is 5.08. The van der Waals surface area contributed by atoms with Crippen molar-refractivity contribution in [3.05, 3.63) is 29.1 Å². The average molecular weight is 766 g/mol. The van der Waals surface area contributed by atoms with Gasteiger partial charge in [0.1, 0.15) is 0 Å². The van der Waals surface area contributed by atoms with Crippen LogP contribution in [0, 0.1) is 6.92 Å². The first-order valence-electron chi connectivity index (χ1n) is 26.2. The molecule has 55 heavy (non-hydrogen) atoms. The number of hydrogen-bond acceptors (Lipinski definition) is 1. The molecule has 1 heteroatoms. The highest BCUT2D eigenvalue weighted by Gasteiger charge is 2.03. The van der Waals surface area contributed by atoms with E-state index in [1.165, 1.54) is 312 Å². The Kier molecular flexibility index (Phi) is 42.0. The van der Waals surface area contributed by atoms with Crippen molar-refractivity contribution in [1.82, 2.24) is 4.98 Å². The number of aromatic nitrogens is 1. The Morgan fingerprint density at radius 1 is 0.255 bits per heavy atom. The minimum atomic E-state index is 1.17. The van der Waals surface area contributed by atoms with Crippen LogP contribution in [0.25, 0.3) is 0 Å². The van der Waals surface area contributed by atoms with Gasteiger partial charge in [0.15, 0.2) is 0 Å². The molecular weight excluding hydrogens is 663 g/mol. The fourth-order valence-corrected chi connectivity index (χ4v) is 8.90. The zero-order chi connectivity index (χ0) is 39.4. The van der Waals surface area contributed by atoms with Crippen molar-refractivity contribution in [2.24, 2.45) is 0 Å². The topological polar surface area (TPSA) is 12.9 Å². The van der Waals surface area contributed by atoms with E-state index in [0.717, 1.165) is 0 Å². The molecule has 0 aliphatic carbocycles. The molecule has 0 saturated heterocycles. The molecule has 324 valence electrons. The lowest BCUT2D eigenvalue weighted by Crippen LogP contribution is -1.98. The molecule has 1 aromatic heterocycles. The molecule has 0 unspecified atom stereocenters. The van der Waals surface area contributed by atoms with Crippen molar-refractivity contribution < 1.29 is 0 Å². The van der Waals surface area contributed by atoms with Crippen LogP contribution in [-0.4, -0.2) is 4.98 Å². The number of rotatable bonds is 46. The Labute approximate surface area is 349 Å². The first-order valence-corrected chi connectivity index (χ1v) is 26.2. The van der Waals surface area contributed by atoms with Crippen LogP contribution < -0.4 is 0 Å². The molecule has 1 heterocycles. The highest BCUT2D eigenvalue weighted by atomic mass is 14.7. The van der Waals surface area contributed by atoms with Gasteiger partial charge in [-0.15, -0.1) is 0 Å². The van der Waals surface area contributed by atoms with Gasteiger partial charge in [0, 0.05) is 11.4 Å². The molecule has 0 aliphatic heterocycles. The molecule has 1 nitrogen and oxygen atoms in total. The van der Waals surface area contributed by atoms with E-state index in [9.17, 15) is 0 Å². The molecule has 0 bridgehead atoms. The van der Waals surface area contributed by atoms with E-state index in [4.69, 9.17) is 4.98 Å². The van der Waals surface area contributed by atoms with E-state index in [-0.39, 0.29) is 0 Å². The summed E-state index contributed by atoms with van der Waals surface area (Å²) in [5, 5.41) is 0. The molecule has 0 amide bonds. The molecule has 0 spiro atoms. The first-order chi connectivity index (χ1) is 27.3. The lowest BCUT2D eigenvalue weighted by Gasteiger charge is -2.08. The third-order valence-corrected chi connectivity index (χ3v) is 12.6. The van der Waals surface area contributed by atoms with Crippen LogP contribution in [0.15, 0.2) is 12.1 Å². The zero-order valence-electron chi connectivity index (χ0n) is 38.6. The minimum Gasteiger partial charge on any atom is -0.258 e. The maximum absolute atomic E-state index is 5.08. The monoisotopic (exact) mass is 766 g/mol. The van der Waals surface area contributed by atoms with Crippen LogP contribution in [0.1, 0.15) is 313 Å². The second kappa shape index (κ2) is 44.3. The third-order valence-electron chi connectivity index (χ3n) is 12.6. The molecule has 0 saturated carbocycles. The predicted molar refractivity (Wildman–Crippen MR) is 251 cm³/mol. The van der Waals surface area contributed by atoms with Crippen LogP contribution in [-0.2, 0) is 12.8 Å². The molecule has 0 N–H and O–H groups in total. The van der Waals surface area contributed by atoms with E-state index in [0.29, 0.717) is 0 Å². The van der Waals surface area contributed by atoms with E-state index < -0.39 is 0 Å². The van der Waals surface area contributed by atoms with Crippen LogP contribution in [0.2, 0.25) is 0 Å². The quantitative estimate of drug-likeness (QED) is 0.0602. The second-order valence-electron chi connectivity index (χ2n) is 18.5. The molecule has 0 fully saturated rings. The van der Waals surface area contributed by atoms with Gasteiger partial charge in [0.2, 0.25) is 0 Å². The Morgan fingerprint density at radius 3 is 0.600 bits per heavy atom. The van der Waals surface area contributed by atoms with Gasteiger partial charge in [0.25, 0.3) is 0 Å². The molecule has 0 aliphatic rings. The number of pyridine rings is 1. The van der Waals surface area contributed by atoms with Gasteiger partial charge < -0.3 is 0 Å². The average Bonchev–Trinajstić information content (AvgIpc) is 3.18. The largest absolute Gasteiger partial charge is 0.258 e. The molecular formula is C54H103N. The Balaban J connectivity index is 1.83. The second-order valence-corrected chi connectivity index (χ2v) is 18.5. The number of nitrogens with zero attached hydrogens (tertiary/aromatic N) is 1. The zero-order valence-corrected chi connectivity index (χ0v) is 38.6. The smallest absolute Gasteiger partial charge is 0.0409 e. The number of hydrogen-bond donors (Lipinski definition) is 0. The van der Waals surface area contributed by atoms with Crippen LogP contribution in [0.4, 0.5) is 0 Å². The molecule has 0 aromatic carbocycles. The number of aryl methyl sites for hydroxylation is 3. The fraction of sp³-hybridized carbons (Fsp3) is 0.907. The standard InChI is InChI=1S/C54H103N/c1-4-6-8-10-12-14-16-18-20-22-24-26-28-30-32-34-36-38-40-42-44-46-48-53-50-52(3)51-54(55-53)49-47-45-43-41-39-37-35-33-31-29-27-25-23-21-19-17-15-13-11-9-7-5-2/h50-51H,4-49H2,1-3H3. The molecule has 0 atom stereocenters. The summed E-state index contributed by atoms with van der Waals surface area (Å²) >= 11 is 0. The van der Waals surface area contributed by atoms with Crippen LogP contribution >= 0.6 is 0 Å². The van der Waals surface area contributed by atoms with Gasteiger partial charge >= 0.3 is 0 Å². The van der Waals surface area contributed by atoms with Crippen molar-refractivity contribution in [1.29, 1.82) is 0 Å².